The van der Waals surface area contributed by atoms with Crippen LogP contribution in [0.15, 0.2) is 118 Å². The largest absolute Gasteiger partial charge is 0.294 e. The number of likely N-dealkylation sites (N-methyl/N-ethyl adjacent to an activating group) is 2. The minimum Gasteiger partial charge on any atom is -0.294 e. The quantitative estimate of drug-likeness (QED) is 0.225. The molecule has 2 aliphatic heterocycles. The molecule has 0 unspecified atom stereocenters. The standard InChI is InChI=1S/C34H24N6O2/c1-39-31(23-9-5-3-6-10-23)37-27(33(39)41)19-25-17-15-21-13-14-22-16-18-26(36-30(22)29(21)35-25)20-28-34(42)40(2)32(38-28)24-11-7-4-8-12-24/h3-20H,1-2H3/b27-19-,28-20+. The van der Waals surface area contributed by atoms with Gasteiger partial charge in [-0.3, -0.25) is 19.4 Å². The van der Waals surface area contributed by atoms with E-state index in [0.717, 1.165) is 21.9 Å². The first-order chi connectivity index (χ1) is 20.5. The van der Waals surface area contributed by atoms with Crippen molar-refractivity contribution in [2.45, 2.75) is 0 Å². The van der Waals surface area contributed by atoms with Crippen molar-refractivity contribution in [2.24, 2.45) is 9.98 Å². The van der Waals surface area contributed by atoms with E-state index in [-0.39, 0.29) is 11.8 Å². The molecule has 0 N–H and O–H groups in total. The predicted octanol–water partition coefficient (Wildman–Crippen LogP) is 5.30. The van der Waals surface area contributed by atoms with E-state index in [2.05, 4.69) is 9.98 Å². The van der Waals surface area contributed by atoms with Crippen molar-refractivity contribution in [2.75, 3.05) is 14.1 Å². The second-order valence-corrected chi connectivity index (χ2v) is 10.1. The lowest BCUT2D eigenvalue weighted by molar-refractivity contribution is -0.122. The Morgan fingerprint density at radius 3 is 1.31 bits per heavy atom. The van der Waals surface area contributed by atoms with Gasteiger partial charge in [0.2, 0.25) is 0 Å². The number of fused-ring (bicyclic) bond motifs is 3. The third-order valence-electron chi connectivity index (χ3n) is 7.33. The average molecular weight is 549 g/mol. The molecule has 8 nitrogen and oxygen atoms in total. The molecule has 3 aromatic carbocycles. The summed E-state index contributed by atoms with van der Waals surface area (Å²) in [5.41, 5.74) is 4.95. The summed E-state index contributed by atoms with van der Waals surface area (Å²) in [6.45, 7) is 0. The Kier molecular flexibility index (Phi) is 6.01. The minimum absolute atomic E-state index is 0.192. The number of rotatable bonds is 4. The van der Waals surface area contributed by atoms with Crippen LogP contribution in [-0.2, 0) is 9.59 Å². The molecular formula is C34H24N6O2. The molecule has 5 aromatic rings. The number of aliphatic imine (C=N–C) groups is 2. The molecule has 2 aromatic heterocycles. The van der Waals surface area contributed by atoms with Gasteiger partial charge in [-0.1, -0.05) is 84.9 Å². The summed E-state index contributed by atoms with van der Waals surface area (Å²) in [4.78, 5) is 48.1. The van der Waals surface area contributed by atoms with Crippen molar-refractivity contribution in [3.8, 4) is 0 Å². The molecule has 0 atom stereocenters. The highest BCUT2D eigenvalue weighted by Gasteiger charge is 2.29. The zero-order valence-corrected chi connectivity index (χ0v) is 22.9. The number of hydrogen-bond acceptors (Lipinski definition) is 6. The third kappa shape index (κ3) is 4.35. The van der Waals surface area contributed by atoms with Crippen molar-refractivity contribution in [1.82, 2.24) is 19.8 Å². The summed E-state index contributed by atoms with van der Waals surface area (Å²) in [5.74, 6) is 0.815. The van der Waals surface area contributed by atoms with E-state index in [0.29, 0.717) is 45.5 Å². The smallest absolute Gasteiger partial charge is 0.277 e. The van der Waals surface area contributed by atoms with Gasteiger partial charge in [0.15, 0.2) is 0 Å². The van der Waals surface area contributed by atoms with Crippen molar-refractivity contribution < 1.29 is 9.59 Å². The number of amides is 2. The highest BCUT2D eigenvalue weighted by Crippen LogP contribution is 2.27. The van der Waals surface area contributed by atoms with E-state index in [4.69, 9.17) is 9.97 Å². The van der Waals surface area contributed by atoms with Crippen molar-refractivity contribution in [3.63, 3.8) is 0 Å². The molecule has 0 spiro atoms. The molecule has 2 amide bonds. The number of hydrogen-bond donors (Lipinski definition) is 0. The molecule has 0 bridgehead atoms. The fourth-order valence-electron chi connectivity index (χ4n) is 5.13. The van der Waals surface area contributed by atoms with Gasteiger partial charge in [-0.15, -0.1) is 0 Å². The number of carbonyl (C=O) groups is 2. The van der Waals surface area contributed by atoms with E-state index in [1.165, 1.54) is 0 Å². The fourth-order valence-corrected chi connectivity index (χ4v) is 5.13. The second kappa shape index (κ2) is 10.0. The number of amidine groups is 2. The molecular weight excluding hydrogens is 524 g/mol. The summed E-state index contributed by atoms with van der Waals surface area (Å²) >= 11 is 0. The van der Waals surface area contributed by atoms with Gasteiger partial charge < -0.3 is 0 Å². The van der Waals surface area contributed by atoms with Gasteiger partial charge in [-0.25, -0.2) is 20.0 Å². The fraction of sp³-hybridized carbons (Fsp3) is 0.0588. The Morgan fingerprint density at radius 2 is 0.905 bits per heavy atom. The SMILES string of the molecule is CN1C(=O)/C(=C/c2ccc3ccc4ccc(/C=C5/N=C(c6ccccc6)N(C)C5=O)nc4c3n2)N=C1c1ccccc1. The molecule has 7 rings (SSSR count). The van der Waals surface area contributed by atoms with E-state index in [1.807, 2.05) is 97.1 Å². The van der Waals surface area contributed by atoms with Crippen LogP contribution in [-0.4, -0.2) is 57.3 Å². The summed E-state index contributed by atoms with van der Waals surface area (Å²) < 4.78 is 0. The maximum atomic E-state index is 13.0. The van der Waals surface area contributed by atoms with Crippen LogP contribution in [0.2, 0.25) is 0 Å². The van der Waals surface area contributed by atoms with Crippen LogP contribution in [0.1, 0.15) is 22.5 Å². The molecule has 0 aliphatic carbocycles. The van der Waals surface area contributed by atoms with Crippen LogP contribution in [0, 0.1) is 0 Å². The van der Waals surface area contributed by atoms with Crippen molar-refractivity contribution in [1.29, 1.82) is 0 Å². The summed E-state index contributed by atoms with van der Waals surface area (Å²) in [5, 5.41) is 1.82. The lowest BCUT2D eigenvalue weighted by Crippen LogP contribution is -2.28. The zero-order valence-electron chi connectivity index (χ0n) is 22.9. The molecule has 0 saturated carbocycles. The summed E-state index contributed by atoms with van der Waals surface area (Å²) in [7, 11) is 3.44. The molecule has 0 saturated heterocycles. The van der Waals surface area contributed by atoms with Crippen LogP contribution in [0.5, 0.6) is 0 Å². The van der Waals surface area contributed by atoms with E-state index < -0.39 is 0 Å². The van der Waals surface area contributed by atoms with Crippen molar-refractivity contribution >= 4 is 57.4 Å². The molecule has 2 aliphatic rings. The number of aromatic nitrogens is 2. The lowest BCUT2D eigenvalue weighted by Gasteiger charge is -2.11. The summed E-state index contributed by atoms with van der Waals surface area (Å²) in [6.07, 6.45) is 3.40. The first kappa shape index (κ1) is 25.2. The maximum absolute atomic E-state index is 13.0. The molecule has 8 heteroatoms. The monoisotopic (exact) mass is 548 g/mol. The van der Waals surface area contributed by atoms with Gasteiger partial charge in [0.25, 0.3) is 11.8 Å². The molecule has 0 fully saturated rings. The normalized spacial score (nSPS) is 17.2. The van der Waals surface area contributed by atoms with E-state index in [1.54, 1.807) is 36.0 Å². The average Bonchev–Trinajstić information content (AvgIpc) is 3.47. The van der Waals surface area contributed by atoms with Gasteiger partial charge in [0.1, 0.15) is 23.1 Å². The van der Waals surface area contributed by atoms with Crippen LogP contribution in [0.3, 0.4) is 0 Å². The first-order valence-electron chi connectivity index (χ1n) is 13.4. The van der Waals surface area contributed by atoms with Crippen LogP contribution in [0.4, 0.5) is 0 Å². The van der Waals surface area contributed by atoms with Crippen LogP contribution < -0.4 is 0 Å². The van der Waals surface area contributed by atoms with E-state index in [9.17, 15) is 9.59 Å². The second-order valence-electron chi connectivity index (χ2n) is 10.1. The van der Waals surface area contributed by atoms with Gasteiger partial charge in [-0.05, 0) is 24.3 Å². The third-order valence-corrected chi connectivity index (χ3v) is 7.33. The topological polar surface area (TPSA) is 91.1 Å². The minimum atomic E-state index is -0.192. The Hall–Kier alpha value is -5.76. The number of benzene rings is 3. The first-order valence-corrected chi connectivity index (χ1v) is 13.4. The number of nitrogens with zero attached hydrogens (tertiary/aromatic N) is 6. The van der Waals surface area contributed by atoms with Crippen LogP contribution in [0.25, 0.3) is 34.0 Å². The predicted molar refractivity (Wildman–Crippen MR) is 164 cm³/mol. The Balaban J connectivity index is 1.28. The van der Waals surface area contributed by atoms with Crippen LogP contribution >= 0.6 is 0 Å². The Labute approximate surface area is 241 Å². The maximum Gasteiger partial charge on any atom is 0.277 e. The Morgan fingerprint density at radius 1 is 0.524 bits per heavy atom. The Bertz CT molecular complexity index is 1900. The highest BCUT2D eigenvalue weighted by atomic mass is 16.2. The van der Waals surface area contributed by atoms with Gasteiger partial charge in [-0.2, -0.15) is 0 Å². The van der Waals surface area contributed by atoms with Gasteiger partial charge >= 0.3 is 0 Å². The van der Waals surface area contributed by atoms with Gasteiger partial charge in [0.05, 0.1) is 22.4 Å². The lowest BCUT2D eigenvalue weighted by atomic mass is 10.1. The van der Waals surface area contributed by atoms with Crippen molar-refractivity contribution in [3.05, 3.63) is 131 Å². The zero-order chi connectivity index (χ0) is 28.8. The van der Waals surface area contributed by atoms with E-state index >= 15 is 0 Å². The number of carbonyl (C=O) groups excluding carboxylic acids is 2. The summed E-state index contributed by atoms with van der Waals surface area (Å²) in [6, 6.07) is 30.9. The highest BCUT2D eigenvalue weighted by molar-refractivity contribution is 6.20. The number of pyridine rings is 2. The van der Waals surface area contributed by atoms with Gasteiger partial charge in [0, 0.05) is 36.0 Å². The molecule has 42 heavy (non-hydrogen) atoms. The molecule has 202 valence electrons. The molecule has 0 radical (unpaired) electrons. The molecule has 4 heterocycles.